The number of nitrogens with one attached hydrogen (secondary N) is 1. The minimum atomic E-state index is -0.426. The Labute approximate surface area is 144 Å². The van der Waals surface area contributed by atoms with Crippen molar-refractivity contribution in [1.29, 1.82) is 0 Å². The monoisotopic (exact) mass is 335 g/mol. The van der Waals surface area contributed by atoms with Gasteiger partial charge in [0.25, 0.3) is 0 Å². The Hall–Kier alpha value is -1.91. The van der Waals surface area contributed by atoms with Crippen molar-refractivity contribution >= 4 is 6.09 Å². The number of aromatic hydroxyl groups is 2. The Morgan fingerprint density at radius 2 is 2.00 bits per heavy atom. The van der Waals surface area contributed by atoms with Crippen LogP contribution in [0, 0.1) is 17.8 Å². The van der Waals surface area contributed by atoms with Crippen molar-refractivity contribution < 1.29 is 19.7 Å². The van der Waals surface area contributed by atoms with Crippen molar-refractivity contribution in [3.8, 4) is 11.5 Å². The Morgan fingerprint density at radius 1 is 1.25 bits per heavy atom. The molecule has 5 nitrogen and oxygen atoms in total. The maximum Gasteiger partial charge on any atom is 0.407 e. The third-order valence-electron chi connectivity index (χ3n) is 4.55. The molecular weight excluding hydrogens is 306 g/mol. The molecule has 1 saturated carbocycles. The van der Waals surface area contributed by atoms with E-state index in [0.717, 1.165) is 12.8 Å². The Bertz CT molecular complexity index is 556. The lowest BCUT2D eigenvalue weighted by Crippen LogP contribution is -2.34. The number of benzene rings is 1. The van der Waals surface area contributed by atoms with Gasteiger partial charge in [-0.25, -0.2) is 4.79 Å². The van der Waals surface area contributed by atoms with Crippen LogP contribution in [0.4, 0.5) is 4.79 Å². The van der Waals surface area contributed by atoms with Crippen LogP contribution >= 0.6 is 0 Å². The van der Waals surface area contributed by atoms with Crippen LogP contribution in [-0.4, -0.2) is 22.4 Å². The van der Waals surface area contributed by atoms with Gasteiger partial charge in [0.15, 0.2) is 11.5 Å². The van der Waals surface area contributed by atoms with E-state index >= 15 is 0 Å². The maximum atomic E-state index is 12.0. The van der Waals surface area contributed by atoms with Gasteiger partial charge in [0.1, 0.15) is 6.10 Å². The van der Waals surface area contributed by atoms with Gasteiger partial charge in [-0.3, -0.25) is 0 Å². The summed E-state index contributed by atoms with van der Waals surface area (Å²) < 4.78 is 5.59. The van der Waals surface area contributed by atoms with E-state index in [4.69, 9.17) is 4.74 Å². The number of amides is 1. The summed E-state index contributed by atoms with van der Waals surface area (Å²) in [5, 5.41) is 21.5. The van der Waals surface area contributed by atoms with Gasteiger partial charge in [-0.2, -0.15) is 0 Å². The van der Waals surface area contributed by atoms with E-state index in [0.29, 0.717) is 23.3 Å². The zero-order valence-corrected chi connectivity index (χ0v) is 14.8. The van der Waals surface area contributed by atoms with E-state index in [1.807, 2.05) is 0 Å². The summed E-state index contributed by atoms with van der Waals surface area (Å²) in [5.74, 6) is 1.50. The quantitative estimate of drug-likeness (QED) is 0.706. The molecular formula is C19H29NO4. The van der Waals surface area contributed by atoms with Crippen molar-refractivity contribution in [2.24, 2.45) is 17.8 Å². The van der Waals surface area contributed by atoms with Gasteiger partial charge in [0, 0.05) is 6.54 Å². The normalized spacial score (nSPS) is 23.9. The minimum Gasteiger partial charge on any atom is -0.504 e. The second-order valence-corrected chi connectivity index (χ2v) is 7.51. The summed E-state index contributed by atoms with van der Waals surface area (Å²) in [7, 11) is 0. The van der Waals surface area contributed by atoms with Crippen LogP contribution in [-0.2, 0) is 11.3 Å². The first-order valence-electron chi connectivity index (χ1n) is 8.78. The fraction of sp³-hybridized carbons (Fsp3) is 0.632. The van der Waals surface area contributed by atoms with Gasteiger partial charge in [-0.1, -0.05) is 26.8 Å². The number of carbonyl (C=O) groups is 1. The van der Waals surface area contributed by atoms with E-state index in [9.17, 15) is 15.0 Å². The van der Waals surface area contributed by atoms with Gasteiger partial charge >= 0.3 is 6.09 Å². The van der Waals surface area contributed by atoms with E-state index in [2.05, 4.69) is 26.1 Å². The third-order valence-corrected chi connectivity index (χ3v) is 4.55. The number of phenolic OH excluding ortho intramolecular Hbond substituents is 2. The molecule has 3 N–H and O–H groups in total. The SMILES string of the molecule is CC(C)CC1CC(C)CC(OC(=O)NCc2ccc(O)c(O)c2)C1. The van der Waals surface area contributed by atoms with Crippen molar-refractivity contribution in [3.05, 3.63) is 23.8 Å². The van der Waals surface area contributed by atoms with Gasteiger partial charge in [0.05, 0.1) is 0 Å². The molecule has 1 aliphatic rings. The lowest BCUT2D eigenvalue weighted by molar-refractivity contribution is 0.0391. The van der Waals surface area contributed by atoms with Crippen molar-refractivity contribution in [2.45, 2.75) is 59.1 Å². The number of rotatable bonds is 5. The van der Waals surface area contributed by atoms with E-state index in [-0.39, 0.29) is 24.1 Å². The molecule has 1 aliphatic carbocycles. The van der Waals surface area contributed by atoms with Crippen LogP contribution in [0.15, 0.2) is 18.2 Å². The fourth-order valence-electron chi connectivity index (χ4n) is 3.68. The Kier molecular flexibility index (Phi) is 6.35. The summed E-state index contributed by atoms with van der Waals surface area (Å²) in [5.41, 5.74) is 0.706. The van der Waals surface area contributed by atoms with Gasteiger partial charge in [-0.15, -0.1) is 0 Å². The van der Waals surface area contributed by atoms with E-state index in [1.54, 1.807) is 6.07 Å². The highest BCUT2D eigenvalue weighted by atomic mass is 16.6. The lowest BCUT2D eigenvalue weighted by atomic mass is 9.77. The number of hydrogen-bond donors (Lipinski definition) is 3. The molecule has 0 heterocycles. The predicted octanol–water partition coefficient (Wildman–Crippen LogP) is 4.17. The standard InChI is InChI=1S/C19H29NO4/c1-12(2)6-15-7-13(3)8-16(9-15)24-19(23)20-11-14-4-5-17(21)18(22)10-14/h4-5,10,12-13,15-16,21-22H,6-9,11H2,1-3H3,(H,20,23). The predicted molar refractivity (Wildman–Crippen MR) is 92.8 cm³/mol. The van der Waals surface area contributed by atoms with Crippen LogP contribution < -0.4 is 5.32 Å². The summed E-state index contributed by atoms with van der Waals surface area (Å²) in [4.78, 5) is 12.0. The second-order valence-electron chi connectivity index (χ2n) is 7.51. The van der Waals surface area contributed by atoms with Crippen LogP contribution in [0.25, 0.3) is 0 Å². The zero-order valence-electron chi connectivity index (χ0n) is 14.8. The number of hydrogen-bond acceptors (Lipinski definition) is 4. The molecule has 0 radical (unpaired) electrons. The highest BCUT2D eigenvalue weighted by molar-refractivity contribution is 5.67. The first-order chi connectivity index (χ1) is 11.3. The second kappa shape index (κ2) is 8.27. The number of alkyl carbamates (subject to hydrolysis) is 1. The van der Waals surface area contributed by atoms with Crippen LogP contribution in [0.2, 0.25) is 0 Å². The molecule has 0 aliphatic heterocycles. The molecule has 134 valence electrons. The first-order valence-corrected chi connectivity index (χ1v) is 8.78. The van der Waals surface area contributed by atoms with Gasteiger partial charge < -0.3 is 20.3 Å². The molecule has 1 fully saturated rings. The minimum absolute atomic E-state index is 0.0225. The summed E-state index contributed by atoms with van der Waals surface area (Å²) in [6, 6.07) is 4.48. The van der Waals surface area contributed by atoms with Crippen molar-refractivity contribution in [1.82, 2.24) is 5.32 Å². The summed E-state index contributed by atoms with van der Waals surface area (Å²) >= 11 is 0. The smallest absolute Gasteiger partial charge is 0.407 e. The molecule has 1 aromatic carbocycles. The number of carbonyl (C=O) groups excluding carboxylic acids is 1. The maximum absolute atomic E-state index is 12.0. The van der Waals surface area contributed by atoms with Crippen LogP contribution in [0.3, 0.4) is 0 Å². The van der Waals surface area contributed by atoms with Crippen molar-refractivity contribution in [2.75, 3.05) is 0 Å². The fourth-order valence-corrected chi connectivity index (χ4v) is 3.68. The Balaban J connectivity index is 1.81. The average molecular weight is 335 g/mol. The van der Waals surface area contributed by atoms with E-state index < -0.39 is 6.09 Å². The molecule has 0 spiro atoms. The largest absolute Gasteiger partial charge is 0.504 e. The molecule has 3 unspecified atom stereocenters. The molecule has 5 heteroatoms. The Morgan fingerprint density at radius 3 is 2.67 bits per heavy atom. The molecule has 3 atom stereocenters. The van der Waals surface area contributed by atoms with Crippen molar-refractivity contribution in [3.63, 3.8) is 0 Å². The van der Waals surface area contributed by atoms with Crippen LogP contribution in [0.5, 0.6) is 11.5 Å². The zero-order chi connectivity index (χ0) is 17.7. The number of ether oxygens (including phenoxy) is 1. The highest BCUT2D eigenvalue weighted by Crippen LogP contribution is 2.34. The van der Waals surface area contributed by atoms with E-state index in [1.165, 1.54) is 25.0 Å². The summed E-state index contributed by atoms with van der Waals surface area (Å²) in [6.45, 7) is 6.94. The molecule has 24 heavy (non-hydrogen) atoms. The summed E-state index contributed by atoms with van der Waals surface area (Å²) in [6.07, 6.45) is 3.80. The first kappa shape index (κ1) is 18.4. The molecule has 0 bridgehead atoms. The molecule has 0 saturated heterocycles. The molecule has 1 amide bonds. The lowest BCUT2D eigenvalue weighted by Gasteiger charge is -2.33. The molecule has 2 rings (SSSR count). The third kappa shape index (κ3) is 5.62. The number of phenols is 2. The van der Waals surface area contributed by atoms with Gasteiger partial charge in [0.2, 0.25) is 0 Å². The van der Waals surface area contributed by atoms with Crippen LogP contribution in [0.1, 0.15) is 52.0 Å². The highest BCUT2D eigenvalue weighted by Gasteiger charge is 2.29. The van der Waals surface area contributed by atoms with Gasteiger partial charge in [-0.05, 0) is 61.1 Å². The topological polar surface area (TPSA) is 78.8 Å². The molecule has 1 aromatic rings. The average Bonchev–Trinajstić information content (AvgIpc) is 2.47. The molecule has 0 aromatic heterocycles.